The Morgan fingerprint density at radius 1 is 1.30 bits per heavy atom. The van der Waals surface area contributed by atoms with Crippen molar-refractivity contribution in [2.24, 2.45) is 0 Å². The van der Waals surface area contributed by atoms with Crippen molar-refractivity contribution in [3.05, 3.63) is 41.7 Å². The molecule has 2 N–H and O–H groups in total. The number of aromatic nitrogens is 1. The molecule has 7 heteroatoms. The summed E-state index contributed by atoms with van der Waals surface area (Å²) in [5, 5.41) is 15.7. The largest absolute Gasteiger partial charge is 0.479 e. The molecule has 1 amide bonds. The number of nitrogens with one attached hydrogen (secondary N) is 1. The zero-order valence-corrected chi connectivity index (χ0v) is 12.5. The van der Waals surface area contributed by atoms with Gasteiger partial charge in [0.1, 0.15) is 5.69 Å². The van der Waals surface area contributed by atoms with E-state index in [1.807, 2.05) is 31.2 Å². The average molecular weight is 316 g/mol. The summed E-state index contributed by atoms with van der Waals surface area (Å²) in [6, 6.07) is 9.10. The number of aryl methyl sites for hydroxylation is 1. The number of carbonyl (C=O) groups excluding carboxylic acids is 1. The Labute approximate surface area is 132 Å². The highest BCUT2D eigenvalue weighted by molar-refractivity contribution is 5.96. The van der Waals surface area contributed by atoms with Crippen molar-refractivity contribution in [2.45, 2.75) is 18.9 Å². The number of nitrogens with zero attached hydrogens (tertiary/aromatic N) is 1. The summed E-state index contributed by atoms with van der Waals surface area (Å²) in [6.45, 7) is 2.20. The Balaban J connectivity index is 1.78. The van der Waals surface area contributed by atoms with E-state index in [2.05, 4.69) is 10.5 Å². The van der Waals surface area contributed by atoms with E-state index >= 15 is 0 Å². The maximum absolute atomic E-state index is 12.2. The maximum atomic E-state index is 12.2. The molecule has 120 valence electrons. The molecule has 2 aromatic rings. The van der Waals surface area contributed by atoms with Gasteiger partial charge >= 0.3 is 5.97 Å². The van der Waals surface area contributed by atoms with Crippen molar-refractivity contribution >= 4 is 11.9 Å². The van der Waals surface area contributed by atoms with Crippen LogP contribution in [0.1, 0.15) is 22.5 Å². The number of aliphatic carboxylic acids is 1. The van der Waals surface area contributed by atoms with Gasteiger partial charge in [-0.25, -0.2) is 4.79 Å². The molecular formula is C16H16N2O5. The van der Waals surface area contributed by atoms with E-state index in [0.717, 1.165) is 11.1 Å². The second kappa shape index (κ2) is 5.85. The highest BCUT2D eigenvalue weighted by Gasteiger charge is 2.44. The third kappa shape index (κ3) is 2.95. The summed E-state index contributed by atoms with van der Waals surface area (Å²) >= 11 is 0. The molecular weight excluding hydrogens is 300 g/mol. The molecule has 7 nitrogen and oxygen atoms in total. The van der Waals surface area contributed by atoms with Crippen LogP contribution in [-0.4, -0.2) is 40.9 Å². The van der Waals surface area contributed by atoms with Crippen LogP contribution in [0.2, 0.25) is 0 Å². The molecule has 1 aromatic carbocycles. The first kappa shape index (κ1) is 15.2. The van der Waals surface area contributed by atoms with Crippen LogP contribution in [0.25, 0.3) is 11.3 Å². The van der Waals surface area contributed by atoms with Crippen LogP contribution >= 0.6 is 0 Å². The lowest BCUT2D eigenvalue weighted by molar-refractivity contribution is -0.144. The van der Waals surface area contributed by atoms with Gasteiger partial charge < -0.3 is 19.7 Å². The van der Waals surface area contributed by atoms with Crippen LogP contribution in [0.3, 0.4) is 0 Å². The molecule has 1 fully saturated rings. The lowest BCUT2D eigenvalue weighted by Gasteiger charge is -2.22. The van der Waals surface area contributed by atoms with E-state index in [1.54, 1.807) is 0 Å². The van der Waals surface area contributed by atoms with Crippen molar-refractivity contribution in [1.29, 1.82) is 0 Å². The van der Waals surface area contributed by atoms with E-state index in [4.69, 9.17) is 9.26 Å². The zero-order valence-electron chi connectivity index (χ0n) is 12.5. The molecule has 3 rings (SSSR count). The molecule has 1 aliphatic rings. The molecule has 0 radical (unpaired) electrons. The molecule has 2 heterocycles. The second-order valence-electron chi connectivity index (χ2n) is 5.59. The number of carboxylic acid groups (broad SMARTS) is 1. The van der Waals surface area contributed by atoms with Gasteiger partial charge in [0.15, 0.2) is 5.54 Å². The highest BCUT2D eigenvalue weighted by Crippen LogP contribution is 2.22. The monoisotopic (exact) mass is 316 g/mol. The Morgan fingerprint density at radius 3 is 2.65 bits per heavy atom. The van der Waals surface area contributed by atoms with E-state index in [1.165, 1.54) is 6.07 Å². The molecule has 1 aromatic heterocycles. The van der Waals surface area contributed by atoms with Gasteiger partial charge in [0.05, 0.1) is 6.61 Å². The summed E-state index contributed by atoms with van der Waals surface area (Å²) in [4.78, 5) is 23.7. The lowest BCUT2D eigenvalue weighted by Crippen LogP contribution is -2.55. The van der Waals surface area contributed by atoms with E-state index in [9.17, 15) is 14.7 Å². The molecule has 1 aliphatic heterocycles. The van der Waals surface area contributed by atoms with Crippen LogP contribution in [-0.2, 0) is 9.53 Å². The minimum Gasteiger partial charge on any atom is -0.479 e. The predicted octanol–water partition coefficient (Wildman–Crippen LogP) is 1.62. The van der Waals surface area contributed by atoms with Crippen molar-refractivity contribution in [3.8, 4) is 11.3 Å². The Morgan fingerprint density at radius 2 is 2.04 bits per heavy atom. The Kier molecular flexibility index (Phi) is 3.87. The van der Waals surface area contributed by atoms with Crippen molar-refractivity contribution in [2.75, 3.05) is 13.2 Å². The first-order valence-electron chi connectivity index (χ1n) is 7.18. The molecule has 23 heavy (non-hydrogen) atoms. The van der Waals surface area contributed by atoms with E-state index < -0.39 is 17.4 Å². The van der Waals surface area contributed by atoms with Gasteiger partial charge in [0, 0.05) is 24.7 Å². The summed E-state index contributed by atoms with van der Waals surface area (Å²) in [7, 11) is 0. The fourth-order valence-corrected chi connectivity index (χ4v) is 2.41. The number of carboxylic acids is 1. The molecule has 0 bridgehead atoms. The van der Waals surface area contributed by atoms with Gasteiger partial charge in [0.25, 0.3) is 5.91 Å². The van der Waals surface area contributed by atoms with Gasteiger partial charge in [-0.2, -0.15) is 0 Å². The smallest absolute Gasteiger partial charge is 0.331 e. The van der Waals surface area contributed by atoms with Crippen molar-refractivity contribution in [1.82, 2.24) is 10.5 Å². The summed E-state index contributed by atoms with van der Waals surface area (Å²) in [5.41, 5.74) is 1.03. The third-order valence-electron chi connectivity index (χ3n) is 3.87. The minimum absolute atomic E-state index is 0.0342. The van der Waals surface area contributed by atoms with Gasteiger partial charge in [-0.05, 0) is 6.92 Å². The normalized spacial score (nSPS) is 20.4. The molecule has 0 spiro atoms. The van der Waals surface area contributed by atoms with Gasteiger partial charge in [0.2, 0.25) is 5.76 Å². The third-order valence-corrected chi connectivity index (χ3v) is 3.87. The van der Waals surface area contributed by atoms with Crippen molar-refractivity contribution in [3.63, 3.8) is 0 Å². The van der Waals surface area contributed by atoms with E-state index in [0.29, 0.717) is 5.69 Å². The number of ether oxygens (including phenoxy) is 1. The zero-order chi connectivity index (χ0) is 16.4. The quantitative estimate of drug-likeness (QED) is 0.889. The Bertz CT molecular complexity index is 729. The fraction of sp³-hybridized carbons (Fsp3) is 0.312. The predicted molar refractivity (Wildman–Crippen MR) is 79.9 cm³/mol. The average Bonchev–Trinajstić information content (AvgIpc) is 3.17. The minimum atomic E-state index is -1.41. The number of hydrogen-bond acceptors (Lipinski definition) is 5. The van der Waals surface area contributed by atoms with Gasteiger partial charge in [-0.3, -0.25) is 4.79 Å². The standard InChI is InChI=1S/C16H16N2O5/c1-10-2-4-11(5-3-10)12-8-13(23-18-12)14(19)17-16(15(20)21)6-7-22-9-16/h2-5,8H,6-7,9H2,1H3,(H,17,19)(H,20,21). The van der Waals surface area contributed by atoms with E-state index in [-0.39, 0.29) is 25.4 Å². The number of rotatable bonds is 4. The fourth-order valence-electron chi connectivity index (χ4n) is 2.41. The molecule has 0 aliphatic carbocycles. The number of carbonyl (C=O) groups is 2. The first-order valence-corrected chi connectivity index (χ1v) is 7.18. The number of amides is 1. The van der Waals surface area contributed by atoms with Gasteiger partial charge in [-0.15, -0.1) is 0 Å². The number of hydrogen-bond donors (Lipinski definition) is 2. The van der Waals surface area contributed by atoms with Crippen molar-refractivity contribution < 1.29 is 24.0 Å². The van der Waals surface area contributed by atoms with Gasteiger partial charge in [-0.1, -0.05) is 35.0 Å². The van der Waals surface area contributed by atoms with Crippen LogP contribution in [0.5, 0.6) is 0 Å². The molecule has 1 unspecified atom stereocenters. The lowest BCUT2D eigenvalue weighted by atomic mass is 9.99. The molecule has 0 saturated carbocycles. The topological polar surface area (TPSA) is 102 Å². The summed E-state index contributed by atoms with van der Waals surface area (Å²) in [6.07, 6.45) is 0.215. The summed E-state index contributed by atoms with van der Waals surface area (Å²) < 4.78 is 10.2. The molecule has 1 saturated heterocycles. The SMILES string of the molecule is Cc1ccc(-c2cc(C(=O)NC3(C(=O)O)CCOC3)on2)cc1. The summed E-state index contributed by atoms with van der Waals surface area (Å²) in [5.74, 6) is -1.78. The van der Waals surface area contributed by atoms with Crippen LogP contribution in [0, 0.1) is 6.92 Å². The number of benzene rings is 1. The Hall–Kier alpha value is -2.67. The molecule has 1 atom stereocenters. The van der Waals surface area contributed by atoms with Crippen LogP contribution in [0.4, 0.5) is 0 Å². The first-order chi connectivity index (χ1) is 11.0. The van der Waals surface area contributed by atoms with Crippen LogP contribution in [0.15, 0.2) is 34.9 Å². The highest BCUT2D eigenvalue weighted by atomic mass is 16.5. The maximum Gasteiger partial charge on any atom is 0.331 e. The van der Waals surface area contributed by atoms with Crippen LogP contribution < -0.4 is 5.32 Å². The second-order valence-corrected chi connectivity index (χ2v) is 5.59.